The average Bonchev–Trinajstić information content (AvgIpc) is 3.34. The number of hydrogen-bond donors (Lipinski definition) is 1. The number of carbonyl (C=O) groups excluding carboxylic acids is 1. The van der Waals surface area contributed by atoms with Crippen LogP contribution in [-0.4, -0.2) is 29.8 Å². The minimum absolute atomic E-state index is 0.0105. The highest BCUT2D eigenvalue weighted by Crippen LogP contribution is 2.12. The van der Waals surface area contributed by atoms with Crippen molar-refractivity contribution in [3.05, 3.63) is 77.2 Å². The summed E-state index contributed by atoms with van der Waals surface area (Å²) in [5.74, 6) is -0.207. The number of hydrogen-bond acceptors (Lipinski definition) is 4. The Morgan fingerprint density at radius 2 is 1.75 bits per heavy atom. The maximum absolute atomic E-state index is 12.6. The normalized spacial score (nSPS) is 11.0. The third-order valence-corrected chi connectivity index (χ3v) is 4.65. The lowest BCUT2D eigenvalue weighted by Crippen LogP contribution is -2.32. The molecule has 8 heteroatoms. The highest BCUT2D eigenvalue weighted by atomic mass is 16.2. The van der Waals surface area contributed by atoms with E-state index in [9.17, 15) is 9.59 Å². The van der Waals surface area contributed by atoms with E-state index in [1.165, 1.54) is 10.9 Å². The van der Waals surface area contributed by atoms with Crippen molar-refractivity contribution in [2.45, 2.75) is 26.6 Å². The van der Waals surface area contributed by atoms with Crippen molar-refractivity contribution in [2.75, 3.05) is 0 Å². The number of aryl methyl sites for hydroxylation is 1. The van der Waals surface area contributed by atoms with E-state index in [0.717, 1.165) is 22.3 Å². The van der Waals surface area contributed by atoms with Gasteiger partial charge in [-0.15, -0.1) is 0 Å². The number of nitrogens with zero attached hydrogens (tertiary/aromatic N) is 5. The summed E-state index contributed by atoms with van der Waals surface area (Å²) in [5, 5.41) is 6.96. The molecule has 4 aromatic rings. The van der Waals surface area contributed by atoms with Gasteiger partial charge in [0.15, 0.2) is 0 Å². The standard InChI is InChI=1S/C20H20N6O2/c1-2-24-17-5-3-4-6-18(17)25(20(24)28)12-19(27)22-11-15-7-9-16(10-8-15)26-14-21-13-23-26/h3-10,13-14H,2,11-12H2,1H3,(H,22,27). The van der Waals surface area contributed by atoms with Gasteiger partial charge in [-0.1, -0.05) is 24.3 Å². The summed E-state index contributed by atoms with van der Waals surface area (Å²) >= 11 is 0. The lowest BCUT2D eigenvalue weighted by molar-refractivity contribution is -0.121. The van der Waals surface area contributed by atoms with Gasteiger partial charge in [0.1, 0.15) is 19.2 Å². The zero-order chi connectivity index (χ0) is 19.5. The first-order valence-corrected chi connectivity index (χ1v) is 9.06. The summed E-state index contributed by atoms with van der Waals surface area (Å²) in [7, 11) is 0. The highest BCUT2D eigenvalue weighted by molar-refractivity contribution is 5.80. The molecule has 0 aliphatic heterocycles. The Morgan fingerprint density at radius 1 is 1.04 bits per heavy atom. The van der Waals surface area contributed by atoms with Crippen molar-refractivity contribution in [3.63, 3.8) is 0 Å². The molecule has 0 aliphatic rings. The smallest absolute Gasteiger partial charge is 0.329 e. The van der Waals surface area contributed by atoms with E-state index in [2.05, 4.69) is 15.4 Å². The molecule has 0 aliphatic carbocycles. The summed E-state index contributed by atoms with van der Waals surface area (Å²) in [6.07, 6.45) is 3.10. The molecule has 28 heavy (non-hydrogen) atoms. The number of carbonyl (C=O) groups is 1. The van der Waals surface area contributed by atoms with Crippen LogP contribution in [-0.2, 0) is 24.4 Å². The monoisotopic (exact) mass is 376 g/mol. The van der Waals surface area contributed by atoms with Crippen molar-refractivity contribution >= 4 is 16.9 Å². The number of aromatic nitrogens is 5. The summed E-state index contributed by atoms with van der Waals surface area (Å²) < 4.78 is 4.85. The third kappa shape index (κ3) is 3.32. The van der Waals surface area contributed by atoms with Crippen LogP contribution in [0.5, 0.6) is 0 Å². The van der Waals surface area contributed by atoms with Gasteiger partial charge in [-0.3, -0.25) is 13.9 Å². The lowest BCUT2D eigenvalue weighted by atomic mass is 10.2. The van der Waals surface area contributed by atoms with Gasteiger partial charge < -0.3 is 5.32 Å². The quantitative estimate of drug-likeness (QED) is 0.555. The number of benzene rings is 2. The number of rotatable bonds is 6. The number of fused-ring (bicyclic) bond motifs is 1. The Hall–Kier alpha value is -3.68. The fourth-order valence-corrected chi connectivity index (χ4v) is 3.24. The Morgan fingerprint density at radius 3 is 2.39 bits per heavy atom. The molecule has 4 rings (SSSR count). The van der Waals surface area contributed by atoms with Crippen molar-refractivity contribution in [2.24, 2.45) is 0 Å². The molecule has 8 nitrogen and oxygen atoms in total. The zero-order valence-corrected chi connectivity index (χ0v) is 15.4. The SMILES string of the molecule is CCn1c(=O)n(CC(=O)NCc2ccc(-n3cncn3)cc2)c2ccccc21. The van der Waals surface area contributed by atoms with Crippen LogP contribution in [0.15, 0.2) is 66.0 Å². The number of imidazole rings is 1. The van der Waals surface area contributed by atoms with Gasteiger partial charge in [0.05, 0.1) is 16.7 Å². The maximum Gasteiger partial charge on any atom is 0.329 e. The lowest BCUT2D eigenvalue weighted by Gasteiger charge is -2.07. The molecule has 0 bridgehead atoms. The molecule has 0 unspecified atom stereocenters. The van der Waals surface area contributed by atoms with Crippen LogP contribution >= 0.6 is 0 Å². The first-order valence-electron chi connectivity index (χ1n) is 9.06. The van der Waals surface area contributed by atoms with Gasteiger partial charge in [0, 0.05) is 13.1 Å². The van der Waals surface area contributed by atoms with E-state index in [0.29, 0.717) is 13.1 Å². The highest BCUT2D eigenvalue weighted by Gasteiger charge is 2.14. The summed E-state index contributed by atoms with van der Waals surface area (Å²) in [5.41, 5.74) is 3.29. The molecule has 2 aromatic heterocycles. The topological polar surface area (TPSA) is 86.7 Å². The fraction of sp³-hybridized carbons (Fsp3) is 0.200. The van der Waals surface area contributed by atoms with E-state index in [-0.39, 0.29) is 18.1 Å². The van der Waals surface area contributed by atoms with Gasteiger partial charge in [-0.25, -0.2) is 14.5 Å². The first kappa shape index (κ1) is 17.7. The molecule has 142 valence electrons. The van der Waals surface area contributed by atoms with Crippen LogP contribution in [0.3, 0.4) is 0 Å². The molecule has 0 radical (unpaired) electrons. The van der Waals surface area contributed by atoms with Crippen LogP contribution in [0, 0.1) is 0 Å². The molecular weight excluding hydrogens is 356 g/mol. The Balaban J connectivity index is 1.45. The Bertz CT molecular complexity index is 1160. The number of amides is 1. The second-order valence-electron chi connectivity index (χ2n) is 6.38. The second-order valence-corrected chi connectivity index (χ2v) is 6.38. The van der Waals surface area contributed by atoms with Gasteiger partial charge >= 0.3 is 5.69 Å². The summed E-state index contributed by atoms with van der Waals surface area (Å²) in [6.45, 7) is 2.86. The first-order chi connectivity index (χ1) is 13.7. The molecular formula is C20H20N6O2. The summed E-state index contributed by atoms with van der Waals surface area (Å²) in [6, 6.07) is 15.2. The van der Waals surface area contributed by atoms with Crippen LogP contribution in [0.25, 0.3) is 16.7 Å². The molecule has 1 amide bonds. The van der Waals surface area contributed by atoms with E-state index < -0.39 is 0 Å². The van der Waals surface area contributed by atoms with Crippen molar-refractivity contribution in [1.82, 2.24) is 29.2 Å². The van der Waals surface area contributed by atoms with Crippen LogP contribution in [0.4, 0.5) is 0 Å². The van der Waals surface area contributed by atoms with Crippen molar-refractivity contribution in [3.8, 4) is 5.69 Å². The third-order valence-electron chi connectivity index (χ3n) is 4.65. The molecule has 0 saturated heterocycles. The molecule has 0 spiro atoms. The molecule has 0 fully saturated rings. The molecule has 0 saturated carbocycles. The molecule has 2 aromatic carbocycles. The van der Waals surface area contributed by atoms with Gasteiger partial charge in [-0.2, -0.15) is 5.10 Å². The van der Waals surface area contributed by atoms with Crippen molar-refractivity contribution < 1.29 is 4.79 Å². The molecule has 0 atom stereocenters. The van der Waals surface area contributed by atoms with Gasteiger partial charge in [-0.05, 0) is 36.8 Å². The minimum atomic E-state index is -0.207. The number of para-hydroxylation sites is 2. The van der Waals surface area contributed by atoms with Gasteiger partial charge in [0.25, 0.3) is 0 Å². The van der Waals surface area contributed by atoms with Crippen LogP contribution in [0.2, 0.25) is 0 Å². The van der Waals surface area contributed by atoms with Crippen LogP contribution < -0.4 is 11.0 Å². The predicted molar refractivity (Wildman–Crippen MR) is 105 cm³/mol. The summed E-state index contributed by atoms with van der Waals surface area (Å²) in [4.78, 5) is 29.0. The van der Waals surface area contributed by atoms with Crippen molar-refractivity contribution in [1.29, 1.82) is 0 Å². The minimum Gasteiger partial charge on any atom is -0.350 e. The molecule has 1 N–H and O–H groups in total. The zero-order valence-electron chi connectivity index (χ0n) is 15.4. The maximum atomic E-state index is 12.6. The Kier molecular flexibility index (Phi) is 4.76. The Labute approximate surface area is 161 Å². The van der Waals surface area contributed by atoms with E-state index in [4.69, 9.17) is 0 Å². The van der Waals surface area contributed by atoms with E-state index in [1.54, 1.807) is 15.6 Å². The average molecular weight is 376 g/mol. The fourth-order valence-electron chi connectivity index (χ4n) is 3.24. The number of nitrogens with one attached hydrogen (secondary N) is 1. The largest absolute Gasteiger partial charge is 0.350 e. The second kappa shape index (κ2) is 7.51. The molecule has 2 heterocycles. The van der Waals surface area contributed by atoms with Gasteiger partial charge in [0.2, 0.25) is 5.91 Å². The predicted octanol–water partition coefficient (Wildman–Crippen LogP) is 1.72. The van der Waals surface area contributed by atoms with E-state index in [1.807, 2.05) is 55.5 Å². The van der Waals surface area contributed by atoms with E-state index >= 15 is 0 Å². The van der Waals surface area contributed by atoms with Crippen LogP contribution in [0.1, 0.15) is 12.5 Å².